The van der Waals surface area contributed by atoms with Crippen molar-refractivity contribution in [3.8, 4) is 5.75 Å². The van der Waals surface area contributed by atoms with Gasteiger partial charge in [-0.1, -0.05) is 12.1 Å². The van der Waals surface area contributed by atoms with Gasteiger partial charge in [-0.15, -0.1) is 0 Å². The van der Waals surface area contributed by atoms with E-state index in [1.807, 2.05) is 12.1 Å². The molecular formula is C15H18O3. The number of hydrogen-bond acceptors (Lipinski definition) is 3. The van der Waals surface area contributed by atoms with Crippen LogP contribution in [0, 0.1) is 11.8 Å². The summed E-state index contributed by atoms with van der Waals surface area (Å²) >= 11 is 0. The van der Waals surface area contributed by atoms with Crippen LogP contribution in [0.5, 0.6) is 5.75 Å². The van der Waals surface area contributed by atoms with Crippen molar-refractivity contribution >= 4 is 5.97 Å². The fourth-order valence-corrected chi connectivity index (χ4v) is 3.34. The Labute approximate surface area is 107 Å². The van der Waals surface area contributed by atoms with Crippen LogP contribution in [0.15, 0.2) is 24.3 Å². The van der Waals surface area contributed by atoms with Crippen molar-refractivity contribution in [1.29, 1.82) is 0 Å². The maximum Gasteiger partial charge on any atom is 0.342 e. The molecule has 18 heavy (non-hydrogen) atoms. The van der Waals surface area contributed by atoms with E-state index >= 15 is 0 Å². The first-order valence-corrected chi connectivity index (χ1v) is 6.62. The molecule has 3 atom stereocenters. The number of fused-ring (bicyclic) bond motifs is 2. The van der Waals surface area contributed by atoms with E-state index in [0.717, 1.165) is 12.3 Å². The predicted octanol–water partition coefficient (Wildman–Crippen LogP) is 3.04. The first-order valence-electron chi connectivity index (χ1n) is 6.62. The minimum Gasteiger partial charge on any atom is -0.496 e. The Hall–Kier alpha value is -1.51. The van der Waals surface area contributed by atoms with Gasteiger partial charge in [0, 0.05) is 0 Å². The highest BCUT2D eigenvalue weighted by atomic mass is 16.5. The van der Waals surface area contributed by atoms with Crippen LogP contribution in [0.4, 0.5) is 0 Å². The van der Waals surface area contributed by atoms with Crippen LogP contribution in [0.2, 0.25) is 0 Å². The van der Waals surface area contributed by atoms with Crippen molar-refractivity contribution in [2.45, 2.75) is 31.8 Å². The first-order chi connectivity index (χ1) is 8.78. The van der Waals surface area contributed by atoms with Crippen molar-refractivity contribution < 1.29 is 14.3 Å². The maximum atomic E-state index is 12.2. The summed E-state index contributed by atoms with van der Waals surface area (Å²) in [6.07, 6.45) is 4.94. The Morgan fingerprint density at radius 3 is 2.72 bits per heavy atom. The van der Waals surface area contributed by atoms with Gasteiger partial charge in [-0.2, -0.15) is 0 Å². The zero-order valence-corrected chi connectivity index (χ0v) is 10.6. The molecule has 3 rings (SSSR count). The normalized spacial score (nSPS) is 29.3. The number of methoxy groups -OCH3 is 1. The van der Waals surface area contributed by atoms with Crippen LogP contribution in [-0.4, -0.2) is 19.2 Å². The van der Waals surface area contributed by atoms with Crippen molar-refractivity contribution in [3.63, 3.8) is 0 Å². The molecule has 3 nitrogen and oxygen atoms in total. The van der Waals surface area contributed by atoms with Crippen LogP contribution in [0.3, 0.4) is 0 Å². The van der Waals surface area contributed by atoms with Crippen LogP contribution >= 0.6 is 0 Å². The van der Waals surface area contributed by atoms with Gasteiger partial charge in [-0.25, -0.2) is 4.79 Å². The van der Waals surface area contributed by atoms with Crippen LogP contribution < -0.4 is 4.74 Å². The molecule has 2 fully saturated rings. The van der Waals surface area contributed by atoms with Crippen molar-refractivity contribution in [1.82, 2.24) is 0 Å². The number of esters is 1. The molecule has 1 aromatic carbocycles. The lowest BCUT2D eigenvalue weighted by Crippen LogP contribution is -2.24. The van der Waals surface area contributed by atoms with E-state index in [9.17, 15) is 4.79 Å². The third-order valence-corrected chi connectivity index (χ3v) is 4.26. The number of carbonyl (C=O) groups is 1. The minimum atomic E-state index is -0.245. The summed E-state index contributed by atoms with van der Waals surface area (Å²) in [6.45, 7) is 0. The second kappa shape index (κ2) is 4.63. The molecule has 0 heterocycles. The van der Waals surface area contributed by atoms with Crippen LogP contribution in [0.1, 0.15) is 36.0 Å². The Morgan fingerprint density at radius 1 is 1.22 bits per heavy atom. The lowest BCUT2D eigenvalue weighted by molar-refractivity contribution is 0.0155. The van der Waals surface area contributed by atoms with Gasteiger partial charge in [-0.3, -0.25) is 0 Å². The van der Waals surface area contributed by atoms with E-state index in [4.69, 9.17) is 9.47 Å². The molecule has 0 N–H and O–H groups in total. The number of carbonyl (C=O) groups excluding carboxylic acids is 1. The van der Waals surface area contributed by atoms with Crippen molar-refractivity contribution in [2.75, 3.05) is 7.11 Å². The highest BCUT2D eigenvalue weighted by Crippen LogP contribution is 2.46. The minimum absolute atomic E-state index is 0.126. The van der Waals surface area contributed by atoms with E-state index in [2.05, 4.69) is 0 Å². The smallest absolute Gasteiger partial charge is 0.342 e. The van der Waals surface area contributed by atoms with Crippen LogP contribution in [0.25, 0.3) is 0 Å². The molecule has 3 heteroatoms. The van der Waals surface area contributed by atoms with Gasteiger partial charge in [0.15, 0.2) is 0 Å². The molecule has 0 aromatic heterocycles. The van der Waals surface area contributed by atoms with E-state index in [1.165, 1.54) is 19.3 Å². The molecule has 0 spiro atoms. The fourth-order valence-electron chi connectivity index (χ4n) is 3.34. The van der Waals surface area contributed by atoms with Gasteiger partial charge in [0.2, 0.25) is 0 Å². The van der Waals surface area contributed by atoms with Gasteiger partial charge in [0.1, 0.15) is 17.4 Å². The van der Waals surface area contributed by atoms with Gasteiger partial charge in [0.05, 0.1) is 7.11 Å². The molecule has 2 aliphatic carbocycles. The van der Waals surface area contributed by atoms with E-state index in [-0.39, 0.29) is 12.1 Å². The summed E-state index contributed by atoms with van der Waals surface area (Å²) in [5.74, 6) is 1.72. The number of rotatable bonds is 3. The molecule has 0 aliphatic heterocycles. The summed E-state index contributed by atoms with van der Waals surface area (Å²) in [4.78, 5) is 12.2. The van der Waals surface area contributed by atoms with E-state index in [1.54, 1.807) is 19.2 Å². The zero-order valence-electron chi connectivity index (χ0n) is 10.6. The van der Waals surface area contributed by atoms with Crippen molar-refractivity contribution in [3.05, 3.63) is 29.8 Å². The largest absolute Gasteiger partial charge is 0.496 e. The lowest BCUT2D eigenvalue weighted by Gasteiger charge is -2.22. The standard InChI is InChI=1S/C15H18O3/c1-17-13-5-3-2-4-12(13)15(16)18-14-9-10-6-7-11(14)8-10/h2-5,10-11,14H,6-9H2,1H3/t10-,11+,14+/m1/s1. The summed E-state index contributed by atoms with van der Waals surface area (Å²) in [5.41, 5.74) is 0.530. The zero-order chi connectivity index (χ0) is 12.5. The average Bonchev–Trinajstić information content (AvgIpc) is 3.01. The van der Waals surface area contributed by atoms with Crippen molar-refractivity contribution in [2.24, 2.45) is 11.8 Å². The first kappa shape index (κ1) is 11.6. The Kier molecular flexibility index (Phi) is 2.98. The van der Waals surface area contributed by atoms with Gasteiger partial charge in [0.25, 0.3) is 0 Å². The van der Waals surface area contributed by atoms with Gasteiger partial charge in [-0.05, 0) is 49.7 Å². The molecule has 0 saturated heterocycles. The fraction of sp³-hybridized carbons (Fsp3) is 0.533. The highest BCUT2D eigenvalue weighted by molar-refractivity contribution is 5.92. The number of para-hydroxylation sites is 1. The third kappa shape index (κ3) is 1.98. The lowest BCUT2D eigenvalue weighted by atomic mass is 9.98. The molecule has 96 valence electrons. The Morgan fingerprint density at radius 2 is 2.06 bits per heavy atom. The van der Waals surface area contributed by atoms with Crippen LogP contribution in [-0.2, 0) is 4.74 Å². The van der Waals surface area contributed by atoms with Gasteiger partial charge >= 0.3 is 5.97 Å². The maximum absolute atomic E-state index is 12.2. The average molecular weight is 246 g/mol. The summed E-state index contributed by atoms with van der Waals surface area (Å²) in [5, 5.41) is 0. The Balaban J connectivity index is 1.71. The monoisotopic (exact) mass is 246 g/mol. The second-order valence-corrected chi connectivity index (χ2v) is 5.32. The SMILES string of the molecule is COc1ccccc1C(=O)O[C@H]1C[C@@H]2CC[C@H]1C2. The highest BCUT2D eigenvalue weighted by Gasteiger charge is 2.41. The molecule has 0 amide bonds. The Bertz CT molecular complexity index is 455. The second-order valence-electron chi connectivity index (χ2n) is 5.32. The topological polar surface area (TPSA) is 35.5 Å². The molecule has 0 radical (unpaired) electrons. The molecule has 1 aromatic rings. The molecule has 2 aliphatic rings. The molecule has 2 bridgehead atoms. The van der Waals surface area contributed by atoms with E-state index < -0.39 is 0 Å². The molecule has 2 saturated carbocycles. The predicted molar refractivity (Wildman–Crippen MR) is 67.6 cm³/mol. The third-order valence-electron chi connectivity index (χ3n) is 4.26. The van der Waals surface area contributed by atoms with Gasteiger partial charge < -0.3 is 9.47 Å². The molecular weight excluding hydrogens is 228 g/mol. The molecule has 0 unspecified atom stereocenters. The number of ether oxygens (including phenoxy) is 2. The number of hydrogen-bond donors (Lipinski definition) is 0. The quantitative estimate of drug-likeness (QED) is 0.769. The van der Waals surface area contributed by atoms with E-state index in [0.29, 0.717) is 17.2 Å². The summed E-state index contributed by atoms with van der Waals surface area (Å²) in [6, 6.07) is 7.23. The summed E-state index contributed by atoms with van der Waals surface area (Å²) < 4.78 is 10.8. The number of benzene rings is 1. The summed E-state index contributed by atoms with van der Waals surface area (Å²) in [7, 11) is 1.57.